The van der Waals surface area contributed by atoms with Gasteiger partial charge in [0, 0.05) is 6.42 Å². The van der Waals surface area contributed by atoms with Crippen LogP contribution in [0.3, 0.4) is 0 Å². The number of nitrogens with one attached hydrogen (secondary N) is 1. The van der Waals surface area contributed by atoms with Crippen LogP contribution in [0.15, 0.2) is 46.1 Å². The Morgan fingerprint density at radius 2 is 2.08 bits per heavy atom. The summed E-state index contributed by atoms with van der Waals surface area (Å²) < 4.78 is 24.8. The first kappa shape index (κ1) is 18.0. The number of hydrogen-bond donors (Lipinski definition) is 2. The Kier molecular flexibility index (Phi) is 5.29. The second-order valence-electron chi connectivity index (χ2n) is 5.92. The molecule has 3 rings (SSSR count). The maximum atomic E-state index is 13.4. The maximum Gasteiger partial charge on any atom is 0.330 e. The number of carbonyl (C=O) groups is 1. The van der Waals surface area contributed by atoms with Crippen LogP contribution in [0, 0.1) is 5.82 Å². The smallest absolute Gasteiger partial charge is 0.330 e. The van der Waals surface area contributed by atoms with Crippen LogP contribution in [0.4, 0.5) is 4.39 Å². The molecule has 9 heteroatoms. The number of H-pyrrole nitrogens is 1. The molecule has 3 atom stereocenters. The van der Waals surface area contributed by atoms with Crippen molar-refractivity contribution in [3.8, 4) is 0 Å². The van der Waals surface area contributed by atoms with Gasteiger partial charge in [0.1, 0.15) is 18.9 Å². The number of aromatic amines is 1. The second kappa shape index (κ2) is 7.63. The van der Waals surface area contributed by atoms with Gasteiger partial charge in [-0.15, -0.1) is 0 Å². The van der Waals surface area contributed by atoms with Crippen molar-refractivity contribution in [3.05, 3.63) is 68.7 Å². The lowest BCUT2D eigenvalue weighted by atomic mass is 10.1. The third-order valence-electron chi connectivity index (χ3n) is 4.04. The molecule has 1 aliphatic heterocycles. The Bertz CT molecular complexity index is 894. The number of halogens is 1. The number of esters is 1. The van der Waals surface area contributed by atoms with Crippen molar-refractivity contribution in [2.75, 3.05) is 6.61 Å². The SMILES string of the molecule is O=C(Cc1ccccc1)OC[C@H]1O[C@@H](n2cc(F)c(=O)[nH]c2=O)C[C@@H]1O. The van der Waals surface area contributed by atoms with Gasteiger partial charge in [-0.2, -0.15) is 4.39 Å². The third kappa shape index (κ3) is 4.06. The van der Waals surface area contributed by atoms with E-state index in [2.05, 4.69) is 0 Å². The molecule has 0 amide bonds. The number of aliphatic hydroxyl groups excluding tert-OH is 1. The molecule has 1 fully saturated rings. The fourth-order valence-electron chi connectivity index (χ4n) is 2.70. The number of benzene rings is 1. The summed E-state index contributed by atoms with van der Waals surface area (Å²) in [6.07, 6.45) is -2.04. The van der Waals surface area contributed by atoms with Crippen molar-refractivity contribution in [1.29, 1.82) is 0 Å². The number of ether oxygens (including phenoxy) is 2. The first-order chi connectivity index (χ1) is 12.4. The minimum absolute atomic E-state index is 0.00765. The maximum absolute atomic E-state index is 13.4. The second-order valence-corrected chi connectivity index (χ2v) is 5.92. The van der Waals surface area contributed by atoms with Gasteiger partial charge in [0.15, 0.2) is 0 Å². The molecule has 0 bridgehead atoms. The lowest BCUT2D eigenvalue weighted by molar-refractivity contribution is -0.149. The fourth-order valence-corrected chi connectivity index (χ4v) is 2.70. The Morgan fingerprint density at radius 1 is 1.35 bits per heavy atom. The first-order valence-corrected chi connectivity index (χ1v) is 7.98. The Labute approximate surface area is 146 Å². The van der Waals surface area contributed by atoms with Crippen molar-refractivity contribution >= 4 is 5.97 Å². The lowest BCUT2D eigenvalue weighted by Crippen LogP contribution is -2.34. The highest BCUT2D eigenvalue weighted by atomic mass is 19.1. The van der Waals surface area contributed by atoms with Gasteiger partial charge in [-0.3, -0.25) is 19.1 Å². The number of aromatic nitrogens is 2. The van der Waals surface area contributed by atoms with E-state index in [4.69, 9.17) is 9.47 Å². The van der Waals surface area contributed by atoms with Crippen LogP contribution in [0.5, 0.6) is 0 Å². The molecule has 0 radical (unpaired) electrons. The van der Waals surface area contributed by atoms with E-state index < -0.39 is 41.5 Å². The molecular formula is C17H17FN2O6. The van der Waals surface area contributed by atoms with Crippen LogP contribution in [-0.2, 0) is 20.7 Å². The van der Waals surface area contributed by atoms with Crippen LogP contribution in [0.2, 0.25) is 0 Å². The van der Waals surface area contributed by atoms with Gasteiger partial charge in [0.2, 0.25) is 5.82 Å². The van der Waals surface area contributed by atoms with Gasteiger partial charge in [-0.1, -0.05) is 30.3 Å². The summed E-state index contributed by atoms with van der Waals surface area (Å²) in [6, 6.07) is 9.01. The van der Waals surface area contributed by atoms with E-state index >= 15 is 0 Å². The zero-order valence-electron chi connectivity index (χ0n) is 13.6. The number of rotatable bonds is 5. The van der Waals surface area contributed by atoms with E-state index in [0.29, 0.717) is 0 Å². The molecule has 8 nitrogen and oxygen atoms in total. The van der Waals surface area contributed by atoms with Gasteiger partial charge in [0.25, 0.3) is 5.56 Å². The first-order valence-electron chi connectivity index (χ1n) is 7.98. The fraction of sp³-hybridized carbons (Fsp3) is 0.353. The predicted octanol–water partition coefficient (Wildman–Crippen LogP) is 0.110. The summed E-state index contributed by atoms with van der Waals surface area (Å²) >= 11 is 0. The zero-order chi connectivity index (χ0) is 18.7. The quantitative estimate of drug-likeness (QED) is 0.729. The number of carbonyl (C=O) groups excluding carboxylic acids is 1. The highest BCUT2D eigenvalue weighted by Gasteiger charge is 2.36. The Morgan fingerprint density at radius 3 is 2.81 bits per heavy atom. The van der Waals surface area contributed by atoms with Gasteiger partial charge in [-0.05, 0) is 5.56 Å². The molecular weight excluding hydrogens is 347 g/mol. The topological polar surface area (TPSA) is 111 Å². The summed E-state index contributed by atoms with van der Waals surface area (Å²) in [5, 5.41) is 10.0. The summed E-state index contributed by atoms with van der Waals surface area (Å²) in [4.78, 5) is 36.5. The van der Waals surface area contributed by atoms with Crippen LogP contribution in [-0.4, -0.2) is 39.4 Å². The number of hydrogen-bond acceptors (Lipinski definition) is 6. The molecule has 0 saturated carbocycles. The largest absolute Gasteiger partial charge is 0.463 e. The van der Waals surface area contributed by atoms with E-state index in [9.17, 15) is 23.9 Å². The molecule has 2 aromatic rings. The van der Waals surface area contributed by atoms with Crippen molar-refractivity contribution in [2.24, 2.45) is 0 Å². The summed E-state index contributed by atoms with van der Waals surface area (Å²) in [6.45, 7) is -0.204. The molecule has 2 heterocycles. The van der Waals surface area contributed by atoms with Crippen molar-refractivity contribution in [1.82, 2.24) is 9.55 Å². The number of nitrogens with zero attached hydrogens (tertiary/aromatic N) is 1. The number of aliphatic hydroxyl groups is 1. The minimum atomic E-state index is -1.14. The monoisotopic (exact) mass is 364 g/mol. The van der Waals surface area contributed by atoms with Crippen LogP contribution < -0.4 is 11.2 Å². The van der Waals surface area contributed by atoms with Gasteiger partial charge >= 0.3 is 11.7 Å². The average Bonchev–Trinajstić information content (AvgIpc) is 2.98. The van der Waals surface area contributed by atoms with Crippen molar-refractivity contribution in [2.45, 2.75) is 31.3 Å². The summed E-state index contributed by atoms with van der Waals surface area (Å²) in [5.41, 5.74) is -1.19. The van der Waals surface area contributed by atoms with Crippen molar-refractivity contribution < 1.29 is 23.8 Å². The van der Waals surface area contributed by atoms with E-state index in [1.165, 1.54) is 0 Å². The molecule has 1 aromatic carbocycles. The van der Waals surface area contributed by atoms with E-state index in [-0.39, 0.29) is 19.4 Å². The highest BCUT2D eigenvalue weighted by Crippen LogP contribution is 2.27. The average molecular weight is 364 g/mol. The molecule has 1 aliphatic rings. The summed E-state index contributed by atoms with van der Waals surface area (Å²) in [7, 11) is 0. The predicted molar refractivity (Wildman–Crippen MR) is 86.9 cm³/mol. The third-order valence-corrected chi connectivity index (χ3v) is 4.04. The lowest BCUT2D eigenvalue weighted by Gasteiger charge is -2.16. The van der Waals surface area contributed by atoms with Crippen LogP contribution >= 0.6 is 0 Å². The van der Waals surface area contributed by atoms with Crippen molar-refractivity contribution in [3.63, 3.8) is 0 Å². The van der Waals surface area contributed by atoms with E-state index in [1.807, 2.05) is 11.1 Å². The van der Waals surface area contributed by atoms with Crippen LogP contribution in [0.1, 0.15) is 18.2 Å². The normalized spacial score (nSPS) is 22.3. The molecule has 1 aromatic heterocycles. The molecule has 2 N–H and O–H groups in total. The molecule has 0 aliphatic carbocycles. The highest BCUT2D eigenvalue weighted by molar-refractivity contribution is 5.72. The molecule has 0 unspecified atom stereocenters. The Hall–Kier alpha value is -2.78. The molecule has 26 heavy (non-hydrogen) atoms. The van der Waals surface area contributed by atoms with Gasteiger partial charge in [-0.25, -0.2) is 4.79 Å². The van der Waals surface area contributed by atoms with E-state index in [0.717, 1.165) is 16.3 Å². The minimum Gasteiger partial charge on any atom is -0.463 e. The molecule has 1 saturated heterocycles. The Balaban J connectivity index is 1.59. The van der Waals surface area contributed by atoms with Gasteiger partial charge < -0.3 is 14.6 Å². The molecule has 0 spiro atoms. The van der Waals surface area contributed by atoms with Gasteiger partial charge in [0.05, 0.1) is 18.7 Å². The molecule has 138 valence electrons. The van der Waals surface area contributed by atoms with E-state index in [1.54, 1.807) is 24.3 Å². The standard InChI is InChI=1S/C17H17FN2O6/c18-11-8-20(17(24)19-16(11)23)14-7-12(21)13(26-14)9-25-15(22)6-10-4-2-1-3-5-10/h1-5,8,12-14,21H,6-7,9H2,(H,19,23,24)/t12-,13+,14+/m0/s1. The van der Waals surface area contributed by atoms with Crippen LogP contribution in [0.25, 0.3) is 0 Å². The summed E-state index contributed by atoms with van der Waals surface area (Å²) in [5.74, 6) is -1.62. The zero-order valence-corrected chi connectivity index (χ0v) is 13.6.